The third-order valence-corrected chi connectivity index (χ3v) is 2.10. The lowest BCUT2D eigenvalue weighted by Crippen LogP contribution is -2.30. The monoisotopic (exact) mass is 222 g/mol. The molecule has 0 radical (unpaired) electrons. The van der Waals surface area contributed by atoms with Gasteiger partial charge in [0.25, 0.3) is 0 Å². The summed E-state index contributed by atoms with van der Waals surface area (Å²) in [7, 11) is 0. The molecular formula is C13H22N2O. The molecule has 0 aliphatic heterocycles. The van der Waals surface area contributed by atoms with Gasteiger partial charge in [0, 0.05) is 31.8 Å². The van der Waals surface area contributed by atoms with Crippen LogP contribution in [0.1, 0.15) is 13.3 Å². The maximum atomic E-state index is 11.2. The van der Waals surface area contributed by atoms with Gasteiger partial charge in [0.05, 0.1) is 0 Å². The van der Waals surface area contributed by atoms with Gasteiger partial charge in [0.15, 0.2) is 0 Å². The van der Waals surface area contributed by atoms with Crippen LogP contribution < -0.4 is 5.32 Å². The van der Waals surface area contributed by atoms with Gasteiger partial charge in [0.2, 0.25) is 5.91 Å². The number of nitrogens with zero attached hydrogens (tertiary/aromatic N) is 1. The zero-order chi connectivity index (χ0) is 12.4. The van der Waals surface area contributed by atoms with Gasteiger partial charge in [-0.2, -0.15) is 0 Å². The average molecular weight is 222 g/mol. The summed E-state index contributed by atoms with van der Waals surface area (Å²) in [5, 5.41) is 2.80. The molecule has 3 heteroatoms. The molecule has 0 bridgehead atoms. The van der Waals surface area contributed by atoms with Crippen molar-refractivity contribution in [2.24, 2.45) is 0 Å². The van der Waals surface area contributed by atoms with Crippen LogP contribution in [0.25, 0.3) is 0 Å². The number of hydrogen-bond acceptors (Lipinski definition) is 2. The fourth-order valence-corrected chi connectivity index (χ4v) is 1.28. The van der Waals surface area contributed by atoms with E-state index >= 15 is 0 Å². The van der Waals surface area contributed by atoms with Crippen LogP contribution in [0.5, 0.6) is 0 Å². The van der Waals surface area contributed by atoms with Crippen LogP contribution >= 0.6 is 0 Å². The summed E-state index contributed by atoms with van der Waals surface area (Å²) in [5.41, 5.74) is 0.550. The van der Waals surface area contributed by atoms with E-state index in [-0.39, 0.29) is 5.91 Å². The molecule has 0 aliphatic carbocycles. The van der Waals surface area contributed by atoms with E-state index in [2.05, 4.69) is 30.0 Å². The summed E-state index contributed by atoms with van der Waals surface area (Å²) in [4.78, 5) is 13.4. The zero-order valence-corrected chi connectivity index (χ0v) is 10.2. The summed E-state index contributed by atoms with van der Waals surface area (Å²) in [6, 6.07) is 0. The van der Waals surface area contributed by atoms with Crippen molar-refractivity contribution in [3.05, 3.63) is 37.5 Å². The Labute approximate surface area is 98.5 Å². The Bertz CT molecular complexity index is 249. The van der Waals surface area contributed by atoms with Crippen LogP contribution in [0.15, 0.2) is 37.5 Å². The lowest BCUT2D eigenvalue weighted by Gasteiger charge is -2.18. The molecule has 1 amide bonds. The molecule has 0 spiro atoms. The molecule has 1 N–H and O–H groups in total. The molecule has 0 aromatic rings. The Morgan fingerprint density at radius 2 is 1.88 bits per heavy atom. The highest BCUT2D eigenvalue weighted by atomic mass is 16.1. The van der Waals surface area contributed by atoms with Gasteiger partial charge in [-0.15, -0.1) is 13.2 Å². The van der Waals surface area contributed by atoms with Crippen molar-refractivity contribution in [3.63, 3.8) is 0 Å². The van der Waals surface area contributed by atoms with E-state index in [0.717, 1.165) is 26.1 Å². The number of nitrogens with one attached hydrogen (secondary N) is 1. The fourth-order valence-electron chi connectivity index (χ4n) is 1.28. The van der Waals surface area contributed by atoms with Crippen molar-refractivity contribution in [1.29, 1.82) is 0 Å². The quantitative estimate of drug-likeness (QED) is 0.366. The summed E-state index contributed by atoms with van der Waals surface area (Å²) in [5.74, 6) is -0.0704. The minimum Gasteiger partial charge on any atom is -0.352 e. The van der Waals surface area contributed by atoms with Crippen LogP contribution in [0.3, 0.4) is 0 Å². The number of amides is 1. The molecule has 90 valence electrons. The molecule has 0 saturated carbocycles. The first-order valence-electron chi connectivity index (χ1n) is 5.49. The van der Waals surface area contributed by atoms with Gasteiger partial charge in [-0.25, -0.2) is 0 Å². The van der Waals surface area contributed by atoms with E-state index < -0.39 is 0 Å². The number of hydrogen-bond donors (Lipinski definition) is 1. The van der Waals surface area contributed by atoms with E-state index in [0.29, 0.717) is 12.1 Å². The largest absolute Gasteiger partial charge is 0.352 e. The molecule has 0 rings (SSSR count). The highest BCUT2D eigenvalue weighted by molar-refractivity contribution is 5.91. The zero-order valence-electron chi connectivity index (χ0n) is 10.2. The van der Waals surface area contributed by atoms with Gasteiger partial charge in [-0.1, -0.05) is 18.7 Å². The lowest BCUT2D eigenvalue weighted by molar-refractivity contribution is -0.117. The van der Waals surface area contributed by atoms with Crippen LogP contribution in [-0.2, 0) is 4.79 Å². The fraction of sp³-hybridized carbons (Fsp3) is 0.462. The van der Waals surface area contributed by atoms with Crippen molar-refractivity contribution in [2.45, 2.75) is 13.3 Å². The second kappa shape index (κ2) is 8.92. The van der Waals surface area contributed by atoms with Gasteiger partial charge >= 0.3 is 0 Å². The molecule has 0 heterocycles. The topological polar surface area (TPSA) is 32.3 Å². The van der Waals surface area contributed by atoms with Crippen molar-refractivity contribution >= 4 is 5.91 Å². The summed E-state index contributed by atoms with van der Waals surface area (Å²) in [6.07, 6.45) is 4.66. The number of rotatable bonds is 9. The Hall–Kier alpha value is -1.35. The van der Waals surface area contributed by atoms with E-state index in [1.807, 2.05) is 12.2 Å². The van der Waals surface area contributed by atoms with E-state index in [1.54, 1.807) is 6.92 Å². The Balaban J connectivity index is 3.68. The van der Waals surface area contributed by atoms with Crippen LogP contribution in [0.4, 0.5) is 0 Å². The molecular weight excluding hydrogens is 200 g/mol. The second-order valence-electron chi connectivity index (χ2n) is 3.73. The standard InChI is InChI=1S/C13H22N2O/c1-5-9-15(10-6-2)11-7-8-14-13(16)12(3)4/h5-6H,1-3,7-11H2,4H3,(H,14,16). The minimum absolute atomic E-state index is 0.0704. The molecule has 0 fully saturated rings. The van der Waals surface area contributed by atoms with E-state index in [9.17, 15) is 4.79 Å². The Morgan fingerprint density at radius 3 is 2.31 bits per heavy atom. The molecule has 0 aliphatic rings. The molecule has 16 heavy (non-hydrogen) atoms. The lowest BCUT2D eigenvalue weighted by atomic mass is 10.3. The molecule has 3 nitrogen and oxygen atoms in total. The highest BCUT2D eigenvalue weighted by Crippen LogP contribution is 1.92. The molecule has 0 aromatic carbocycles. The highest BCUT2D eigenvalue weighted by Gasteiger charge is 2.02. The maximum absolute atomic E-state index is 11.2. The van der Waals surface area contributed by atoms with Crippen molar-refractivity contribution in [1.82, 2.24) is 10.2 Å². The van der Waals surface area contributed by atoms with Gasteiger partial charge in [-0.3, -0.25) is 9.69 Å². The van der Waals surface area contributed by atoms with E-state index in [1.165, 1.54) is 0 Å². The maximum Gasteiger partial charge on any atom is 0.246 e. The predicted octanol–water partition coefficient (Wildman–Crippen LogP) is 1.74. The normalized spacial score (nSPS) is 9.88. The molecule has 0 saturated heterocycles. The minimum atomic E-state index is -0.0704. The third-order valence-electron chi connectivity index (χ3n) is 2.10. The Morgan fingerprint density at radius 1 is 1.31 bits per heavy atom. The smallest absolute Gasteiger partial charge is 0.246 e. The van der Waals surface area contributed by atoms with Crippen molar-refractivity contribution in [3.8, 4) is 0 Å². The first kappa shape index (κ1) is 14.6. The van der Waals surface area contributed by atoms with Crippen LogP contribution in [0.2, 0.25) is 0 Å². The summed E-state index contributed by atoms with van der Waals surface area (Å²) >= 11 is 0. The molecule has 0 atom stereocenters. The first-order chi connectivity index (χ1) is 7.61. The number of carbonyl (C=O) groups is 1. The van der Waals surface area contributed by atoms with E-state index in [4.69, 9.17) is 0 Å². The second-order valence-corrected chi connectivity index (χ2v) is 3.73. The average Bonchev–Trinajstić information content (AvgIpc) is 2.24. The SMILES string of the molecule is C=CCN(CC=C)CCCNC(=O)C(=C)C. The Kier molecular flexibility index (Phi) is 8.17. The number of carbonyl (C=O) groups excluding carboxylic acids is 1. The van der Waals surface area contributed by atoms with Crippen LogP contribution in [0, 0.1) is 0 Å². The van der Waals surface area contributed by atoms with Crippen LogP contribution in [-0.4, -0.2) is 37.0 Å². The molecule has 0 unspecified atom stereocenters. The van der Waals surface area contributed by atoms with Gasteiger partial charge in [0.1, 0.15) is 0 Å². The van der Waals surface area contributed by atoms with Gasteiger partial charge in [-0.05, 0) is 13.3 Å². The van der Waals surface area contributed by atoms with Crippen molar-refractivity contribution in [2.75, 3.05) is 26.2 Å². The summed E-state index contributed by atoms with van der Waals surface area (Å²) in [6.45, 7) is 16.0. The summed E-state index contributed by atoms with van der Waals surface area (Å²) < 4.78 is 0. The van der Waals surface area contributed by atoms with Gasteiger partial charge < -0.3 is 5.32 Å². The van der Waals surface area contributed by atoms with Crippen molar-refractivity contribution < 1.29 is 4.79 Å². The predicted molar refractivity (Wildman–Crippen MR) is 69.3 cm³/mol. The first-order valence-corrected chi connectivity index (χ1v) is 5.49. The molecule has 0 aromatic heterocycles. The third kappa shape index (κ3) is 7.01.